The van der Waals surface area contributed by atoms with Crippen LogP contribution >= 0.6 is 27.5 Å². The van der Waals surface area contributed by atoms with Crippen molar-refractivity contribution in [3.63, 3.8) is 0 Å². The van der Waals surface area contributed by atoms with Gasteiger partial charge < -0.3 is 10.5 Å². The first-order valence-electron chi connectivity index (χ1n) is 5.10. The Morgan fingerprint density at radius 1 is 1.20 bits per heavy atom. The molecule has 0 aliphatic rings. The Bertz CT molecular complexity index is 651. The zero-order chi connectivity index (χ0) is 14.9. The number of nitrogens with zero attached hydrogens (tertiary/aromatic N) is 2. The van der Waals surface area contributed by atoms with E-state index in [1.807, 2.05) is 0 Å². The van der Waals surface area contributed by atoms with Gasteiger partial charge in [0.25, 0.3) is 0 Å². The number of benzene rings is 1. The minimum absolute atomic E-state index is 0.251. The predicted octanol–water partition coefficient (Wildman–Crippen LogP) is 4.29. The molecule has 2 rings (SSSR count). The van der Waals surface area contributed by atoms with Gasteiger partial charge in [-0.3, -0.25) is 0 Å². The first-order valence-corrected chi connectivity index (χ1v) is 6.27. The van der Waals surface area contributed by atoms with Crippen LogP contribution in [0.2, 0.25) is 5.02 Å². The maximum Gasteiger partial charge on any atom is 0.433 e. The largest absolute Gasteiger partial charge is 0.438 e. The average Bonchev–Trinajstić information content (AvgIpc) is 2.31. The van der Waals surface area contributed by atoms with Gasteiger partial charge in [0.15, 0.2) is 5.69 Å². The Balaban J connectivity index is 2.36. The van der Waals surface area contributed by atoms with Crippen molar-refractivity contribution in [3.05, 3.63) is 39.5 Å². The van der Waals surface area contributed by atoms with E-state index in [9.17, 15) is 13.2 Å². The predicted molar refractivity (Wildman–Crippen MR) is 70.7 cm³/mol. The van der Waals surface area contributed by atoms with Crippen molar-refractivity contribution in [2.24, 2.45) is 0 Å². The summed E-state index contributed by atoms with van der Waals surface area (Å²) >= 11 is 8.93. The number of rotatable bonds is 2. The summed E-state index contributed by atoms with van der Waals surface area (Å²) in [4.78, 5) is 6.71. The van der Waals surface area contributed by atoms with Gasteiger partial charge in [-0.05, 0) is 34.1 Å². The second-order valence-electron chi connectivity index (χ2n) is 3.62. The van der Waals surface area contributed by atoms with Crippen molar-refractivity contribution in [3.8, 4) is 11.6 Å². The molecule has 1 heterocycles. The number of aromatic nitrogens is 2. The lowest BCUT2D eigenvalue weighted by molar-refractivity contribution is -0.141. The molecule has 0 atom stereocenters. The number of halogens is 5. The summed E-state index contributed by atoms with van der Waals surface area (Å²) in [6.07, 6.45) is -4.63. The molecule has 0 saturated heterocycles. The van der Waals surface area contributed by atoms with E-state index in [-0.39, 0.29) is 11.6 Å². The van der Waals surface area contributed by atoms with Crippen LogP contribution in [-0.4, -0.2) is 9.97 Å². The molecule has 0 bridgehead atoms. The standard InChI is InChI=1S/C11H6BrClF3N3O/c12-6-3-5(13)1-2-7(6)20-9-4-8(11(14,15)16)18-10(17)19-9/h1-4H,(H2,17,18,19). The molecule has 0 radical (unpaired) electrons. The summed E-state index contributed by atoms with van der Waals surface area (Å²) in [5, 5.41) is 0.447. The molecule has 0 spiro atoms. The molecule has 1 aromatic carbocycles. The molecular formula is C11H6BrClF3N3O. The van der Waals surface area contributed by atoms with Gasteiger partial charge in [-0.1, -0.05) is 11.6 Å². The van der Waals surface area contributed by atoms with E-state index in [1.54, 1.807) is 0 Å². The molecule has 0 fully saturated rings. The molecule has 0 aliphatic heterocycles. The number of ether oxygens (including phenoxy) is 1. The van der Waals surface area contributed by atoms with Crippen molar-refractivity contribution in [1.82, 2.24) is 9.97 Å². The smallest absolute Gasteiger partial charge is 0.433 e. The van der Waals surface area contributed by atoms with Crippen LogP contribution in [0.1, 0.15) is 5.69 Å². The van der Waals surface area contributed by atoms with Gasteiger partial charge in [0.1, 0.15) is 5.75 Å². The van der Waals surface area contributed by atoms with Gasteiger partial charge in [-0.2, -0.15) is 18.2 Å². The fourth-order valence-electron chi connectivity index (χ4n) is 1.31. The monoisotopic (exact) mass is 367 g/mol. The van der Waals surface area contributed by atoms with E-state index in [0.29, 0.717) is 15.6 Å². The summed E-state index contributed by atoms with van der Waals surface area (Å²) in [5.41, 5.74) is 4.06. The fourth-order valence-corrected chi connectivity index (χ4v) is 2.07. The third-order valence-electron chi connectivity index (χ3n) is 2.12. The van der Waals surface area contributed by atoms with Crippen LogP contribution in [0.25, 0.3) is 0 Å². The van der Waals surface area contributed by atoms with Crippen LogP contribution in [0.5, 0.6) is 11.6 Å². The summed E-state index contributed by atoms with van der Waals surface area (Å²) in [5.74, 6) is -0.589. The molecule has 1 aromatic heterocycles. The van der Waals surface area contributed by atoms with Crippen molar-refractivity contribution in [2.45, 2.75) is 6.18 Å². The summed E-state index contributed by atoms with van der Waals surface area (Å²) in [6, 6.07) is 5.21. The summed E-state index contributed by atoms with van der Waals surface area (Å²) < 4.78 is 43.5. The van der Waals surface area contributed by atoms with Gasteiger partial charge in [-0.15, -0.1) is 0 Å². The molecule has 20 heavy (non-hydrogen) atoms. The SMILES string of the molecule is Nc1nc(Oc2ccc(Cl)cc2Br)cc(C(F)(F)F)n1. The number of anilines is 1. The number of nitrogens with two attached hydrogens (primary N) is 1. The molecule has 9 heteroatoms. The van der Waals surface area contributed by atoms with Gasteiger partial charge in [0.05, 0.1) is 4.47 Å². The van der Waals surface area contributed by atoms with Crippen LogP contribution in [0, 0.1) is 0 Å². The Hall–Kier alpha value is -1.54. The zero-order valence-electron chi connectivity index (χ0n) is 9.58. The van der Waals surface area contributed by atoms with Gasteiger partial charge in [-0.25, -0.2) is 4.98 Å². The highest BCUT2D eigenvalue weighted by Crippen LogP contribution is 2.34. The zero-order valence-corrected chi connectivity index (χ0v) is 11.9. The second kappa shape index (κ2) is 5.45. The van der Waals surface area contributed by atoms with Crippen molar-refractivity contribution in [2.75, 3.05) is 5.73 Å². The van der Waals surface area contributed by atoms with E-state index < -0.39 is 17.8 Å². The Morgan fingerprint density at radius 3 is 2.50 bits per heavy atom. The lowest BCUT2D eigenvalue weighted by Gasteiger charge is -2.10. The lowest BCUT2D eigenvalue weighted by atomic mass is 10.3. The Labute approximate surface area is 124 Å². The molecule has 0 saturated carbocycles. The van der Waals surface area contributed by atoms with Crippen LogP contribution in [0.3, 0.4) is 0 Å². The Morgan fingerprint density at radius 2 is 1.90 bits per heavy atom. The molecule has 0 amide bonds. The quantitative estimate of drug-likeness (QED) is 0.859. The summed E-state index contributed by atoms with van der Waals surface area (Å²) in [6.45, 7) is 0. The van der Waals surface area contributed by atoms with Crippen molar-refractivity contribution in [1.29, 1.82) is 0 Å². The third-order valence-corrected chi connectivity index (χ3v) is 2.97. The maximum absolute atomic E-state index is 12.6. The molecule has 2 N–H and O–H groups in total. The maximum atomic E-state index is 12.6. The number of hydrogen-bond acceptors (Lipinski definition) is 4. The first kappa shape index (κ1) is 14.9. The van der Waals surface area contributed by atoms with Gasteiger partial charge >= 0.3 is 6.18 Å². The van der Waals surface area contributed by atoms with E-state index in [4.69, 9.17) is 22.1 Å². The number of alkyl halides is 3. The second-order valence-corrected chi connectivity index (χ2v) is 4.91. The van der Waals surface area contributed by atoms with E-state index in [0.717, 1.165) is 0 Å². The van der Waals surface area contributed by atoms with Crippen LogP contribution in [-0.2, 0) is 6.18 Å². The number of hydrogen-bond donors (Lipinski definition) is 1. The van der Waals surface area contributed by atoms with E-state index in [1.165, 1.54) is 18.2 Å². The normalized spacial score (nSPS) is 11.4. The molecule has 0 unspecified atom stereocenters. The molecule has 106 valence electrons. The van der Waals surface area contributed by atoms with Gasteiger partial charge in [0.2, 0.25) is 11.8 Å². The summed E-state index contributed by atoms with van der Waals surface area (Å²) in [7, 11) is 0. The minimum atomic E-state index is -4.63. The third kappa shape index (κ3) is 3.51. The lowest BCUT2D eigenvalue weighted by Crippen LogP contribution is -2.11. The highest BCUT2D eigenvalue weighted by Gasteiger charge is 2.33. The van der Waals surface area contributed by atoms with Crippen molar-refractivity contribution < 1.29 is 17.9 Å². The van der Waals surface area contributed by atoms with Crippen molar-refractivity contribution >= 4 is 33.5 Å². The molecule has 0 aliphatic carbocycles. The highest BCUT2D eigenvalue weighted by molar-refractivity contribution is 9.10. The van der Waals surface area contributed by atoms with Gasteiger partial charge in [0, 0.05) is 11.1 Å². The fraction of sp³-hybridized carbons (Fsp3) is 0.0909. The molecular weight excluding hydrogens is 362 g/mol. The van der Waals surface area contributed by atoms with Crippen LogP contribution in [0.15, 0.2) is 28.7 Å². The van der Waals surface area contributed by atoms with E-state index in [2.05, 4.69) is 25.9 Å². The topological polar surface area (TPSA) is 61.0 Å². The molecule has 4 nitrogen and oxygen atoms in total. The average molecular weight is 369 g/mol. The number of nitrogen functional groups attached to an aromatic ring is 1. The highest BCUT2D eigenvalue weighted by atomic mass is 79.9. The molecule has 2 aromatic rings. The Kier molecular flexibility index (Phi) is 4.05. The van der Waals surface area contributed by atoms with Crippen LogP contribution in [0.4, 0.5) is 19.1 Å². The van der Waals surface area contributed by atoms with E-state index >= 15 is 0 Å². The first-order chi connectivity index (χ1) is 9.25. The minimum Gasteiger partial charge on any atom is -0.438 e. The van der Waals surface area contributed by atoms with Crippen LogP contribution < -0.4 is 10.5 Å².